The molecule has 5 nitrogen and oxygen atoms in total. The molecule has 0 heterocycles. The van der Waals surface area contributed by atoms with E-state index < -0.39 is 4.92 Å². The molecule has 0 aromatic heterocycles. The molecule has 0 saturated heterocycles. The number of nitrogens with zero attached hydrogens (tertiary/aromatic N) is 1. The van der Waals surface area contributed by atoms with E-state index in [4.69, 9.17) is 0 Å². The molecular weight excluding hydrogens is 316 g/mol. The Balaban J connectivity index is 1.76. The van der Waals surface area contributed by atoms with Gasteiger partial charge < -0.3 is 5.32 Å². The summed E-state index contributed by atoms with van der Waals surface area (Å²) >= 11 is 0. The summed E-state index contributed by atoms with van der Waals surface area (Å²) in [5.41, 5.74) is 3.17. The molecule has 0 radical (unpaired) electrons. The SMILES string of the molecule is O=C(Cc1ccccc1)Nc1cccc(-c2cccc([N+](=O)[O-])c2)c1. The molecule has 124 valence electrons. The van der Waals surface area contributed by atoms with Crippen LogP contribution < -0.4 is 5.32 Å². The summed E-state index contributed by atoms with van der Waals surface area (Å²) in [5, 5.41) is 13.8. The van der Waals surface area contributed by atoms with Crippen molar-refractivity contribution in [2.45, 2.75) is 6.42 Å². The fourth-order valence-corrected chi connectivity index (χ4v) is 2.56. The number of carbonyl (C=O) groups is 1. The molecule has 0 bridgehead atoms. The van der Waals surface area contributed by atoms with Crippen LogP contribution in [0.5, 0.6) is 0 Å². The summed E-state index contributed by atoms with van der Waals surface area (Å²) in [4.78, 5) is 22.7. The van der Waals surface area contributed by atoms with E-state index in [9.17, 15) is 14.9 Å². The zero-order valence-electron chi connectivity index (χ0n) is 13.4. The van der Waals surface area contributed by atoms with Gasteiger partial charge in [0.2, 0.25) is 5.91 Å². The fraction of sp³-hybridized carbons (Fsp3) is 0.0500. The number of benzene rings is 3. The number of non-ortho nitro benzene ring substituents is 1. The Kier molecular flexibility index (Phi) is 4.85. The second-order valence-corrected chi connectivity index (χ2v) is 5.60. The topological polar surface area (TPSA) is 72.2 Å². The number of anilines is 1. The van der Waals surface area contributed by atoms with Crippen LogP contribution in [0.15, 0.2) is 78.9 Å². The van der Waals surface area contributed by atoms with Gasteiger partial charge in [0.05, 0.1) is 11.3 Å². The van der Waals surface area contributed by atoms with Crippen LogP contribution in [0.1, 0.15) is 5.56 Å². The van der Waals surface area contributed by atoms with Crippen molar-refractivity contribution in [2.75, 3.05) is 5.32 Å². The van der Waals surface area contributed by atoms with Crippen molar-refractivity contribution in [3.8, 4) is 11.1 Å². The standard InChI is InChI=1S/C20H16N2O3/c23-20(12-15-6-2-1-3-7-15)21-18-10-4-8-16(13-18)17-9-5-11-19(14-17)22(24)25/h1-11,13-14H,12H2,(H,21,23). The molecule has 3 aromatic carbocycles. The third kappa shape index (κ3) is 4.29. The Morgan fingerprint density at radius 1 is 0.880 bits per heavy atom. The maximum atomic E-state index is 12.2. The van der Waals surface area contributed by atoms with E-state index in [0.29, 0.717) is 12.1 Å². The first kappa shape index (κ1) is 16.4. The van der Waals surface area contributed by atoms with Crippen LogP contribution in [0.3, 0.4) is 0 Å². The fourth-order valence-electron chi connectivity index (χ4n) is 2.56. The first-order valence-corrected chi connectivity index (χ1v) is 7.80. The van der Waals surface area contributed by atoms with Gasteiger partial charge in [-0.15, -0.1) is 0 Å². The van der Waals surface area contributed by atoms with Crippen molar-refractivity contribution in [3.63, 3.8) is 0 Å². The minimum atomic E-state index is -0.422. The molecule has 0 aliphatic heterocycles. The second kappa shape index (κ2) is 7.40. The largest absolute Gasteiger partial charge is 0.326 e. The van der Waals surface area contributed by atoms with Crippen LogP contribution in [0, 0.1) is 10.1 Å². The monoisotopic (exact) mass is 332 g/mol. The normalized spacial score (nSPS) is 10.2. The summed E-state index contributed by atoms with van der Waals surface area (Å²) in [6.45, 7) is 0. The van der Waals surface area contributed by atoms with Crippen molar-refractivity contribution < 1.29 is 9.72 Å². The minimum Gasteiger partial charge on any atom is -0.326 e. The number of nitro groups is 1. The van der Waals surface area contributed by atoms with E-state index in [1.54, 1.807) is 18.2 Å². The van der Waals surface area contributed by atoms with Crippen molar-refractivity contribution in [3.05, 3.63) is 94.5 Å². The minimum absolute atomic E-state index is 0.0380. The van der Waals surface area contributed by atoms with E-state index in [0.717, 1.165) is 16.7 Å². The first-order valence-electron chi connectivity index (χ1n) is 7.80. The lowest BCUT2D eigenvalue weighted by Crippen LogP contribution is -2.14. The number of nitro benzene ring substituents is 1. The number of carbonyl (C=O) groups excluding carboxylic acids is 1. The summed E-state index contributed by atoms with van der Waals surface area (Å²) in [5.74, 6) is -0.109. The number of rotatable bonds is 5. The highest BCUT2D eigenvalue weighted by Gasteiger charge is 2.09. The quantitative estimate of drug-likeness (QED) is 0.554. The Morgan fingerprint density at radius 3 is 2.28 bits per heavy atom. The maximum Gasteiger partial charge on any atom is 0.270 e. The smallest absolute Gasteiger partial charge is 0.270 e. The van der Waals surface area contributed by atoms with Crippen LogP contribution in [0.4, 0.5) is 11.4 Å². The van der Waals surface area contributed by atoms with Gasteiger partial charge in [-0.25, -0.2) is 0 Å². The van der Waals surface area contributed by atoms with E-state index in [-0.39, 0.29) is 11.6 Å². The predicted octanol–water partition coefficient (Wildman–Crippen LogP) is 4.44. The van der Waals surface area contributed by atoms with Crippen molar-refractivity contribution >= 4 is 17.3 Å². The van der Waals surface area contributed by atoms with E-state index in [1.165, 1.54) is 12.1 Å². The summed E-state index contributed by atoms with van der Waals surface area (Å²) in [6.07, 6.45) is 0.294. The highest BCUT2D eigenvalue weighted by Crippen LogP contribution is 2.26. The molecule has 0 fully saturated rings. The molecular formula is C20H16N2O3. The van der Waals surface area contributed by atoms with Crippen LogP contribution in [-0.4, -0.2) is 10.8 Å². The lowest BCUT2D eigenvalue weighted by Gasteiger charge is -2.08. The average Bonchev–Trinajstić information content (AvgIpc) is 2.63. The lowest BCUT2D eigenvalue weighted by atomic mass is 10.0. The molecule has 0 aliphatic rings. The Morgan fingerprint density at radius 2 is 1.56 bits per heavy atom. The van der Waals surface area contributed by atoms with E-state index >= 15 is 0 Å². The maximum absolute atomic E-state index is 12.2. The molecule has 0 atom stereocenters. The van der Waals surface area contributed by atoms with E-state index in [1.807, 2.05) is 48.5 Å². The van der Waals surface area contributed by atoms with Crippen molar-refractivity contribution in [1.29, 1.82) is 0 Å². The Bertz CT molecular complexity index is 908. The molecule has 1 amide bonds. The second-order valence-electron chi connectivity index (χ2n) is 5.60. The van der Waals surface area contributed by atoms with Crippen LogP contribution in [-0.2, 0) is 11.2 Å². The van der Waals surface area contributed by atoms with Gasteiger partial charge in [-0.1, -0.05) is 54.6 Å². The molecule has 25 heavy (non-hydrogen) atoms. The van der Waals surface area contributed by atoms with E-state index in [2.05, 4.69) is 5.32 Å². The van der Waals surface area contributed by atoms with Gasteiger partial charge in [0.15, 0.2) is 0 Å². The average molecular weight is 332 g/mol. The van der Waals surface area contributed by atoms with Gasteiger partial charge in [-0.2, -0.15) is 0 Å². The molecule has 0 spiro atoms. The third-order valence-corrected chi connectivity index (χ3v) is 3.74. The van der Waals surface area contributed by atoms with Crippen LogP contribution >= 0.6 is 0 Å². The van der Waals surface area contributed by atoms with Gasteiger partial charge in [-0.3, -0.25) is 14.9 Å². The zero-order valence-corrected chi connectivity index (χ0v) is 13.4. The molecule has 5 heteroatoms. The lowest BCUT2D eigenvalue weighted by molar-refractivity contribution is -0.384. The Hall–Kier alpha value is -3.47. The predicted molar refractivity (Wildman–Crippen MR) is 97.3 cm³/mol. The van der Waals surface area contributed by atoms with Gasteiger partial charge in [-0.05, 0) is 28.8 Å². The summed E-state index contributed by atoms with van der Waals surface area (Å²) < 4.78 is 0. The number of nitrogens with one attached hydrogen (secondary N) is 1. The van der Waals surface area contributed by atoms with Crippen molar-refractivity contribution in [1.82, 2.24) is 0 Å². The highest BCUT2D eigenvalue weighted by atomic mass is 16.6. The molecule has 3 rings (SSSR count). The van der Waals surface area contributed by atoms with Gasteiger partial charge >= 0.3 is 0 Å². The number of hydrogen-bond donors (Lipinski definition) is 1. The molecule has 0 unspecified atom stereocenters. The summed E-state index contributed by atoms with van der Waals surface area (Å²) in [7, 11) is 0. The third-order valence-electron chi connectivity index (χ3n) is 3.74. The summed E-state index contributed by atoms with van der Waals surface area (Å²) in [6, 6.07) is 23.2. The molecule has 1 N–H and O–H groups in total. The van der Waals surface area contributed by atoms with Crippen LogP contribution in [0.2, 0.25) is 0 Å². The van der Waals surface area contributed by atoms with Gasteiger partial charge in [0.25, 0.3) is 5.69 Å². The number of hydrogen-bond acceptors (Lipinski definition) is 3. The molecule has 0 aliphatic carbocycles. The van der Waals surface area contributed by atoms with Gasteiger partial charge in [0.1, 0.15) is 0 Å². The van der Waals surface area contributed by atoms with Crippen LogP contribution in [0.25, 0.3) is 11.1 Å². The number of amides is 1. The van der Waals surface area contributed by atoms with Crippen molar-refractivity contribution in [2.24, 2.45) is 0 Å². The molecule has 0 saturated carbocycles. The highest BCUT2D eigenvalue weighted by molar-refractivity contribution is 5.93. The zero-order chi connectivity index (χ0) is 17.6. The molecule has 3 aromatic rings. The van der Waals surface area contributed by atoms with Gasteiger partial charge in [0, 0.05) is 17.8 Å². The Labute approximate surface area is 145 Å². The first-order chi connectivity index (χ1) is 12.1.